The maximum atomic E-state index is 13.1. The van der Waals surface area contributed by atoms with E-state index in [1.54, 1.807) is 41.9 Å². The van der Waals surface area contributed by atoms with E-state index in [-0.39, 0.29) is 10.8 Å². The first-order valence-electron chi connectivity index (χ1n) is 14.3. The molecule has 1 aromatic carbocycles. The van der Waals surface area contributed by atoms with Crippen LogP contribution in [0.5, 0.6) is 5.88 Å². The number of anilines is 4. The first-order chi connectivity index (χ1) is 21.8. The molecule has 0 atom stereocenters. The summed E-state index contributed by atoms with van der Waals surface area (Å²) in [5.74, 6) is 1.84. The fraction of sp³-hybridized carbons (Fsp3) is 0.258. The van der Waals surface area contributed by atoms with Gasteiger partial charge in [0.25, 0.3) is 10.0 Å². The molecule has 0 amide bonds. The summed E-state index contributed by atoms with van der Waals surface area (Å²) < 4.78 is 39.3. The Hall–Kier alpha value is -4.66. The number of nitrogens with zero attached hydrogens (tertiary/aromatic N) is 6. The van der Waals surface area contributed by atoms with Crippen molar-refractivity contribution in [3.63, 3.8) is 0 Å². The monoisotopic (exact) mass is 644 g/mol. The first kappa shape index (κ1) is 30.4. The average Bonchev–Trinajstić information content (AvgIpc) is 3.52. The highest BCUT2D eigenvalue weighted by Gasteiger charge is 2.20. The van der Waals surface area contributed by atoms with Crippen molar-refractivity contribution in [3.05, 3.63) is 78.2 Å². The number of benzene rings is 1. The molecule has 45 heavy (non-hydrogen) atoms. The summed E-state index contributed by atoms with van der Waals surface area (Å²) in [4.78, 5) is 25.9. The van der Waals surface area contributed by atoms with Crippen molar-refractivity contribution >= 4 is 44.5 Å². The van der Waals surface area contributed by atoms with Crippen LogP contribution in [0.1, 0.15) is 24.8 Å². The Bertz CT molecular complexity index is 1870. The molecule has 1 fully saturated rings. The number of sulfonamides is 1. The number of pyridine rings is 2. The smallest absolute Gasteiger partial charge is 0.263 e. The molecule has 0 bridgehead atoms. The summed E-state index contributed by atoms with van der Waals surface area (Å²) in [5, 5.41) is 4.19. The third-order valence-electron chi connectivity index (χ3n) is 6.98. The lowest BCUT2D eigenvalue weighted by atomic mass is 10.1. The van der Waals surface area contributed by atoms with Crippen LogP contribution >= 0.6 is 11.3 Å². The Kier molecular flexibility index (Phi) is 8.87. The minimum Gasteiger partial charge on any atom is -0.481 e. The Balaban J connectivity index is 1.26. The molecule has 5 aromatic rings. The van der Waals surface area contributed by atoms with Crippen molar-refractivity contribution in [1.29, 1.82) is 0 Å². The van der Waals surface area contributed by atoms with E-state index in [2.05, 4.69) is 43.7 Å². The van der Waals surface area contributed by atoms with E-state index >= 15 is 0 Å². The molecule has 12 nitrogen and oxygen atoms in total. The van der Waals surface area contributed by atoms with E-state index in [1.165, 1.54) is 25.4 Å². The minimum absolute atomic E-state index is 0.0251. The number of rotatable bonds is 10. The second-order valence-electron chi connectivity index (χ2n) is 10.5. The molecular weight excluding hydrogens is 613 g/mol. The molecule has 0 radical (unpaired) electrons. The number of ether oxygens (including phenoxy) is 2. The van der Waals surface area contributed by atoms with Gasteiger partial charge in [0.1, 0.15) is 10.7 Å². The number of hydrogen-bond donors (Lipinski definition) is 2. The van der Waals surface area contributed by atoms with Crippen molar-refractivity contribution in [2.24, 2.45) is 0 Å². The van der Waals surface area contributed by atoms with Crippen LogP contribution in [0, 0.1) is 0 Å². The minimum atomic E-state index is -3.88. The number of methoxy groups -OCH3 is 1. The van der Waals surface area contributed by atoms with Crippen molar-refractivity contribution in [2.45, 2.75) is 24.7 Å². The number of nitrogens with one attached hydrogen (secondary N) is 2. The van der Waals surface area contributed by atoms with E-state index in [0.29, 0.717) is 42.1 Å². The largest absolute Gasteiger partial charge is 0.481 e. The van der Waals surface area contributed by atoms with Gasteiger partial charge in [-0.3, -0.25) is 4.72 Å². The molecule has 0 unspecified atom stereocenters. The number of aromatic nitrogens is 5. The summed E-state index contributed by atoms with van der Waals surface area (Å²) in [5.41, 5.74) is 3.31. The molecule has 5 heterocycles. The fourth-order valence-corrected chi connectivity index (χ4v) is 6.71. The van der Waals surface area contributed by atoms with Crippen molar-refractivity contribution in [3.8, 4) is 27.7 Å². The second-order valence-corrected chi connectivity index (χ2v) is 13.2. The summed E-state index contributed by atoms with van der Waals surface area (Å²) in [7, 11) is -2.41. The predicted octanol–water partition coefficient (Wildman–Crippen LogP) is 5.57. The molecule has 0 aliphatic carbocycles. The van der Waals surface area contributed by atoms with Crippen LogP contribution in [0.2, 0.25) is 0 Å². The van der Waals surface area contributed by atoms with Crippen molar-refractivity contribution in [2.75, 3.05) is 48.4 Å². The van der Waals surface area contributed by atoms with Crippen LogP contribution in [0.15, 0.2) is 78.1 Å². The van der Waals surface area contributed by atoms with Crippen LogP contribution in [-0.2, 0) is 14.8 Å². The quantitative estimate of drug-likeness (QED) is 0.197. The van der Waals surface area contributed by atoms with Gasteiger partial charge in [0.15, 0.2) is 0 Å². The highest BCUT2D eigenvalue weighted by Crippen LogP contribution is 2.39. The van der Waals surface area contributed by atoms with Gasteiger partial charge in [-0.25, -0.2) is 33.3 Å². The lowest BCUT2D eigenvalue weighted by Crippen LogP contribution is -2.36. The van der Waals surface area contributed by atoms with E-state index < -0.39 is 10.0 Å². The van der Waals surface area contributed by atoms with Crippen molar-refractivity contribution < 1.29 is 17.9 Å². The lowest BCUT2D eigenvalue weighted by Gasteiger charge is -2.27. The molecule has 1 saturated heterocycles. The standard InChI is InChI=1S/C31H32N8O4S2/c1-20(2)30-37-28(21-5-4-6-22(17-21)38-45(40,41)24-8-10-27(42-3)34-19-24)29(44-30)25-11-12-32-31(36-25)35-23-7-9-26(33-18-23)39-13-15-43-16-14-39/h4-12,17-20,38H,13-16H2,1-3H3,(H,32,35,36). The van der Waals surface area contributed by atoms with E-state index in [4.69, 9.17) is 19.4 Å². The summed E-state index contributed by atoms with van der Waals surface area (Å²) in [6.45, 7) is 7.19. The first-order valence-corrected chi connectivity index (χ1v) is 16.6. The zero-order valence-corrected chi connectivity index (χ0v) is 26.6. The van der Waals surface area contributed by atoms with Gasteiger partial charge in [0.2, 0.25) is 11.8 Å². The number of hydrogen-bond acceptors (Lipinski definition) is 12. The van der Waals surface area contributed by atoms with Gasteiger partial charge in [-0.2, -0.15) is 0 Å². The van der Waals surface area contributed by atoms with Gasteiger partial charge in [-0.05, 0) is 36.4 Å². The highest BCUT2D eigenvalue weighted by atomic mass is 32.2. The molecule has 1 aliphatic rings. The van der Waals surface area contributed by atoms with Gasteiger partial charge >= 0.3 is 0 Å². The number of morpholine rings is 1. The molecular formula is C31H32N8O4S2. The molecule has 232 valence electrons. The van der Waals surface area contributed by atoms with Gasteiger partial charge in [0, 0.05) is 42.5 Å². The van der Waals surface area contributed by atoms with Crippen LogP contribution in [0.25, 0.3) is 21.8 Å². The molecule has 4 aromatic heterocycles. The SMILES string of the molecule is COc1ccc(S(=O)(=O)Nc2cccc(-c3nc(C(C)C)sc3-c3ccnc(Nc4ccc(N5CCOCC5)nc4)n3)c2)cn1. The van der Waals surface area contributed by atoms with E-state index in [1.807, 2.05) is 24.3 Å². The third kappa shape index (κ3) is 7.03. The molecule has 0 saturated carbocycles. The molecule has 1 aliphatic heterocycles. The zero-order chi connectivity index (χ0) is 31.4. The van der Waals surface area contributed by atoms with Crippen LogP contribution in [0.4, 0.5) is 23.1 Å². The Morgan fingerprint density at radius 3 is 2.51 bits per heavy atom. The van der Waals surface area contributed by atoms with Gasteiger partial charge in [-0.1, -0.05) is 26.0 Å². The summed E-state index contributed by atoms with van der Waals surface area (Å²) in [6.07, 6.45) is 4.73. The Morgan fingerprint density at radius 2 is 1.80 bits per heavy atom. The maximum absolute atomic E-state index is 13.1. The molecule has 6 rings (SSSR count). The number of thiazole rings is 1. The lowest BCUT2D eigenvalue weighted by molar-refractivity contribution is 0.122. The second kappa shape index (κ2) is 13.1. The van der Waals surface area contributed by atoms with Crippen LogP contribution in [0.3, 0.4) is 0 Å². The highest BCUT2D eigenvalue weighted by molar-refractivity contribution is 7.92. The van der Waals surface area contributed by atoms with E-state index in [9.17, 15) is 8.42 Å². The molecule has 0 spiro atoms. The van der Waals surface area contributed by atoms with Gasteiger partial charge in [-0.15, -0.1) is 11.3 Å². The Morgan fingerprint density at radius 1 is 0.956 bits per heavy atom. The average molecular weight is 645 g/mol. The Labute approximate surface area is 265 Å². The predicted molar refractivity (Wildman–Crippen MR) is 175 cm³/mol. The van der Waals surface area contributed by atoms with Crippen LogP contribution in [-0.4, -0.2) is 66.8 Å². The summed E-state index contributed by atoms with van der Waals surface area (Å²) in [6, 6.07) is 15.9. The maximum Gasteiger partial charge on any atom is 0.263 e. The topological polar surface area (TPSA) is 144 Å². The van der Waals surface area contributed by atoms with E-state index in [0.717, 1.165) is 40.0 Å². The van der Waals surface area contributed by atoms with Gasteiger partial charge in [0.05, 0.1) is 59.7 Å². The zero-order valence-electron chi connectivity index (χ0n) is 25.0. The molecule has 2 N–H and O–H groups in total. The van der Waals surface area contributed by atoms with Crippen LogP contribution < -0.4 is 19.7 Å². The fourth-order valence-electron chi connectivity index (χ4n) is 4.66. The van der Waals surface area contributed by atoms with Gasteiger partial charge < -0.3 is 19.7 Å². The summed E-state index contributed by atoms with van der Waals surface area (Å²) >= 11 is 1.55. The van der Waals surface area contributed by atoms with Crippen molar-refractivity contribution in [1.82, 2.24) is 24.9 Å². The molecule has 14 heteroatoms. The third-order valence-corrected chi connectivity index (χ3v) is 9.73. The normalized spacial score (nSPS) is 13.6.